The largest absolute Gasteiger partial charge is 3.00 e. The molecule has 0 saturated carbocycles. The molecule has 4 aromatic rings. The number of aryl methyl sites for hydroxylation is 2. The van der Waals surface area contributed by atoms with Crippen molar-refractivity contribution in [3.63, 3.8) is 0 Å². The van der Waals surface area contributed by atoms with Gasteiger partial charge in [0.05, 0.1) is 11.4 Å². The molecule has 0 saturated heterocycles. The summed E-state index contributed by atoms with van der Waals surface area (Å²) in [6, 6.07) is 18.8. The molecule has 0 radical (unpaired) electrons. The number of hydrogen-bond donors (Lipinski definition) is 2. The van der Waals surface area contributed by atoms with Gasteiger partial charge in [-0.15, -0.1) is 0 Å². The van der Waals surface area contributed by atoms with Crippen LogP contribution in [0.5, 0.6) is 11.5 Å². The summed E-state index contributed by atoms with van der Waals surface area (Å²) in [6.07, 6.45) is 3.47. The van der Waals surface area contributed by atoms with E-state index >= 15 is 0 Å². The number of phenolic OH excluding ortho intramolecular Hbond substituents is 2. The zero-order chi connectivity index (χ0) is 19.7. The van der Waals surface area contributed by atoms with Gasteiger partial charge in [-0.3, -0.25) is 9.97 Å². The molecule has 4 nitrogen and oxygen atoms in total. The van der Waals surface area contributed by atoms with Crippen LogP contribution in [0, 0.1) is 13.8 Å². The van der Waals surface area contributed by atoms with Crippen LogP contribution in [-0.4, -0.2) is 20.2 Å². The maximum Gasteiger partial charge on any atom is 3.00 e. The van der Waals surface area contributed by atoms with Crippen LogP contribution in [-0.2, 0) is 17.1 Å². The summed E-state index contributed by atoms with van der Waals surface area (Å²) in [4.78, 5) is 8.99. The fourth-order valence-corrected chi connectivity index (χ4v) is 3.18. The third-order valence-corrected chi connectivity index (χ3v) is 4.72. The number of rotatable bonds is 3. The second-order valence-electron chi connectivity index (χ2n) is 6.91. The molecular formula is C24H20Cl3MnN2O2. The van der Waals surface area contributed by atoms with Gasteiger partial charge in [-0.1, -0.05) is 36.4 Å². The first kappa shape index (κ1) is 29.7. The molecule has 0 atom stereocenters. The molecule has 0 aliphatic heterocycles. The van der Waals surface area contributed by atoms with E-state index in [4.69, 9.17) is 0 Å². The van der Waals surface area contributed by atoms with Crippen molar-refractivity contribution in [2.24, 2.45) is 0 Å². The molecule has 0 aliphatic rings. The Kier molecular flexibility index (Phi) is 11.8. The second kappa shape index (κ2) is 12.7. The molecule has 2 aromatic heterocycles. The number of benzene rings is 2. The zero-order valence-electron chi connectivity index (χ0n) is 17.2. The Labute approximate surface area is 216 Å². The van der Waals surface area contributed by atoms with Gasteiger partial charge in [0.1, 0.15) is 11.5 Å². The number of phenols is 2. The minimum atomic E-state index is 0. The van der Waals surface area contributed by atoms with E-state index in [0.717, 1.165) is 44.8 Å². The van der Waals surface area contributed by atoms with Crippen LogP contribution in [0.3, 0.4) is 0 Å². The molecule has 0 unspecified atom stereocenters. The molecule has 2 aromatic carbocycles. The summed E-state index contributed by atoms with van der Waals surface area (Å²) < 4.78 is 0. The Hall–Kier alpha value is -2.27. The molecular weight excluding hydrogens is 510 g/mol. The summed E-state index contributed by atoms with van der Waals surface area (Å²) in [6.45, 7) is 3.88. The smallest absolute Gasteiger partial charge is 1.00 e. The number of halogens is 3. The third-order valence-electron chi connectivity index (χ3n) is 4.72. The fraction of sp³-hybridized carbons (Fsp3) is 0.0833. The monoisotopic (exact) mass is 528 g/mol. The van der Waals surface area contributed by atoms with E-state index in [2.05, 4.69) is 9.97 Å². The third kappa shape index (κ3) is 6.38. The summed E-state index contributed by atoms with van der Waals surface area (Å²) in [5.41, 5.74) is 6.71. The van der Waals surface area contributed by atoms with Crippen molar-refractivity contribution in [3.05, 3.63) is 84.2 Å². The topological polar surface area (TPSA) is 66.2 Å². The van der Waals surface area contributed by atoms with E-state index in [0.29, 0.717) is 0 Å². The molecule has 0 fully saturated rings. The van der Waals surface area contributed by atoms with Crippen molar-refractivity contribution < 1.29 is 64.5 Å². The van der Waals surface area contributed by atoms with Crippen LogP contribution in [0.2, 0.25) is 0 Å². The molecule has 32 heavy (non-hydrogen) atoms. The summed E-state index contributed by atoms with van der Waals surface area (Å²) >= 11 is 0. The van der Waals surface area contributed by atoms with Crippen molar-refractivity contribution in [1.82, 2.24) is 9.97 Å². The van der Waals surface area contributed by atoms with Crippen molar-refractivity contribution in [2.75, 3.05) is 0 Å². The van der Waals surface area contributed by atoms with E-state index in [1.54, 1.807) is 24.5 Å². The first-order valence-electron chi connectivity index (χ1n) is 9.04. The van der Waals surface area contributed by atoms with E-state index in [9.17, 15) is 10.2 Å². The van der Waals surface area contributed by atoms with E-state index in [1.165, 1.54) is 0 Å². The SMILES string of the molecule is Cc1ccc(-c2ccc(-c3ccc(-c4ccc(C)cc4O)cn3)nc2)c(O)c1.[Cl-].[Cl-].[Cl-].[Mn+3]. The van der Waals surface area contributed by atoms with Gasteiger partial charge in [0, 0.05) is 34.6 Å². The quantitative estimate of drug-likeness (QED) is 0.271. The van der Waals surface area contributed by atoms with Gasteiger partial charge in [-0.05, 0) is 49.2 Å². The van der Waals surface area contributed by atoms with Gasteiger partial charge < -0.3 is 47.4 Å². The fourth-order valence-electron chi connectivity index (χ4n) is 3.18. The van der Waals surface area contributed by atoms with Crippen LogP contribution in [0.25, 0.3) is 33.6 Å². The Morgan fingerprint density at radius 1 is 0.562 bits per heavy atom. The van der Waals surface area contributed by atoms with Crippen LogP contribution in [0.1, 0.15) is 11.1 Å². The maximum absolute atomic E-state index is 10.1. The van der Waals surface area contributed by atoms with Crippen LogP contribution >= 0.6 is 0 Å². The van der Waals surface area contributed by atoms with Crippen molar-refractivity contribution in [3.8, 4) is 45.1 Å². The number of aromatic nitrogens is 2. The molecule has 0 bridgehead atoms. The van der Waals surface area contributed by atoms with Crippen LogP contribution in [0.4, 0.5) is 0 Å². The molecule has 166 valence electrons. The van der Waals surface area contributed by atoms with Gasteiger partial charge in [-0.25, -0.2) is 0 Å². The van der Waals surface area contributed by atoms with Gasteiger partial charge >= 0.3 is 17.1 Å². The molecule has 0 aliphatic carbocycles. The summed E-state index contributed by atoms with van der Waals surface area (Å²) in [7, 11) is 0. The first-order valence-corrected chi connectivity index (χ1v) is 9.04. The van der Waals surface area contributed by atoms with Crippen molar-refractivity contribution >= 4 is 0 Å². The van der Waals surface area contributed by atoms with E-state index in [1.807, 2.05) is 62.4 Å². The van der Waals surface area contributed by atoms with Crippen molar-refractivity contribution in [2.45, 2.75) is 13.8 Å². The number of hydrogen-bond acceptors (Lipinski definition) is 4. The normalized spacial score (nSPS) is 9.44. The average molecular weight is 530 g/mol. The number of aromatic hydroxyl groups is 2. The minimum absolute atomic E-state index is 0. The first-order chi connectivity index (χ1) is 13.5. The Balaban J connectivity index is 0.00000240. The standard InChI is InChI=1S/C24H20N2O2.3ClH.Mn/c1-15-3-7-19(23(27)11-15)17-5-9-21(25-13-17)22-10-6-18(14-26-22)20-8-4-16(2)12-24(20)28;;;;/h3-14,27-28H,1-2H3;3*1H;/q;;;;+3/p-3. The molecule has 0 spiro atoms. The summed E-state index contributed by atoms with van der Waals surface area (Å²) in [5.74, 6) is 0.491. The second-order valence-corrected chi connectivity index (χ2v) is 6.91. The molecule has 2 N–H and O–H groups in total. The van der Waals surface area contributed by atoms with Gasteiger partial charge in [-0.2, -0.15) is 0 Å². The molecule has 8 heteroatoms. The molecule has 0 amide bonds. The molecule has 2 heterocycles. The average Bonchev–Trinajstić information content (AvgIpc) is 2.69. The summed E-state index contributed by atoms with van der Waals surface area (Å²) in [5, 5.41) is 20.3. The number of nitrogens with zero attached hydrogens (tertiary/aromatic N) is 2. The zero-order valence-corrected chi connectivity index (χ0v) is 20.7. The van der Waals surface area contributed by atoms with Gasteiger partial charge in [0.2, 0.25) is 0 Å². The van der Waals surface area contributed by atoms with Crippen LogP contribution in [0.15, 0.2) is 73.1 Å². The van der Waals surface area contributed by atoms with Crippen molar-refractivity contribution in [1.29, 1.82) is 0 Å². The Bertz CT molecular complexity index is 1060. The van der Waals surface area contributed by atoms with E-state index < -0.39 is 0 Å². The minimum Gasteiger partial charge on any atom is -1.00 e. The predicted octanol–water partition coefficient (Wildman–Crippen LogP) is -3.48. The van der Waals surface area contributed by atoms with E-state index in [-0.39, 0.29) is 65.8 Å². The number of pyridine rings is 2. The predicted molar refractivity (Wildman–Crippen MR) is 111 cm³/mol. The van der Waals surface area contributed by atoms with Crippen LogP contribution < -0.4 is 37.2 Å². The Morgan fingerprint density at radius 3 is 1.22 bits per heavy atom. The Morgan fingerprint density at radius 2 is 0.938 bits per heavy atom. The van der Waals surface area contributed by atoms with Gasteiger partial charge in [0.15, 0.2) is 0 Å². The van der Waals surface area contributed by atoms with Gasteiger partial charge in [0.25, 0.3) is 0 Å². The molecule has 4 rings (SSSR count). The maximum atomic E-state index is 10.1.